The van der Waals surface area contributed by atoms with Crippen molar-refractivity contribution in [2.75, 3.05) is 13.1 Å². The highest BCUT2D eigenvalue weighted by Crippen LogP contribution is 2.24. The Morgan fingerprint density at radius 1 is 1.23 bits per heavy atom. The average molecular weight is 177 g/mol. The summed E-state index contributed by atoms with van der Waals surface area (Å²) in [7, 11) is 0. The third kappa shape index (κ3) is 1.90. The van der Waals surface area contributed by atoms with Gasteiger partial charge in [0, 0.05) is 19.1 Å². The Hall–Kier alpha value is -0.860. The van der Waals surface area contributed by atoms with E-state index in [1.165, 1.54) is 0 Å². The van der Waals surface area contributed by atoms with Crippen molar-refractivity contribution in [3.63, 3.8) is 0 Å². The fourth-order valence-corrected chi connectivity index (χ4v) is 1.59. The van der Waals surface area contributed by atoms with Crippen LogP contribution >= 0.6 is 0 Å². The second-order valence-electron chi connectivity index (χ2n) is 3.63. The van der Waals surface area contributed by atoms with Gasteiger partial charge in [-0.25, -0.2) is 0 Å². The number of rotatable bonds is 3. The third-order valence-electron chi connectivity index (χ3n) is 2.66. The van der Waals surface area contributed by atoms with Gasteiger partial charge in [-0.05, 0) is 12.5 Å². The first kappa shape index (κ1) is 8.73. The summed E-state index contributed by atoms with van der Waals surface area (Å²) >= 11 is 0. The van der Waals surface area contributed by atoms with Gasteiger partial charge in [0.05, 0.1) is 6.10 Å². The van der Waals surface area contributed by atoms with Crippen molar-refractivity contribution in [2.24, 2.45) is 0 Å². The van der Waals surface area contributed by atoms with Crippen LogP contribution in [-0.2, 0) is 0 Å². The van der Waals surface area contributed by atoms with Crippen LogP contribution in [0.2, 0.25) is 0 Å². The van der Waals surface area contributed by atoms with Crippen molar-refractivity contribution >= 4 is 0 Å². The second kappa shape index (κ2) is 3.48. The molecule has 1 aliphatic rings. The predicted molar refractivity (Wildman–Crippen MR) is 52.4 cm³/mol. The molecule has 70 valence electrons. The highest BCUT2D eigenvalue weighted by atomic mass is 16.3. The van der Waals surface area contributed by atoms with Gasteiger partial charge >= 0.3 is 0 Å². The van der Waals surface area contributed by atoms with Crippen LogP contribution in [0.5, 0.6) is 0 Å². The zero-order valence-corrected chi connectivity index (χ0v) is 7.85. The molecule has 2 heteroatoms. The first-order valence-corrected chi connectivity index (χ1v) is 4.76. The van der Waals surface area contributed by atoms with Crippen LogP contribution in [0, 0.1) is 0 Å². The van der Waals surface area contributed by atoms with E-state index >= 15 is 0 Å². The minimum atomic E-state index is -0.344. The molecule has 2 nitrogen and oxygen atoms in total. The van der Waals surface area contributed by atoms with E-state index in [1.807, 2.05) is 30.3 Å². The molecular weight excluding hydrogens is 162 g/mol. The lowest BCUT2D eigenvalue weighted by Gasteiger charge is -2.19. The summed E-state index contributed by atoms with van der Waals surface area (Å²) in [5, 5.41) is 9.96. The van der Waals surface area contributed by atoms with Crippen LogP contribution in [0.3, 0.4) is 0 Å². The molecule has 13 heavy (non-hydrogen) atoms. The quantitative estimate of drug-likeness (QED) is 0.706. The first-order chi connectivity index (χ1) is 6.29. The molecule has 0 aliphatic carbocycles. The summed E-state index contributed by atoms with van der Waals surface area (Å²) < 4.78 is 0. The fourth-order valence-electron chi connectivity index (χ4n) is 1.59. The zero-order chi connectivity index (χ0) is 9.26. The van der Waals surface area contributed by atoms with Gasteiger partial charge < -0.3 is 5.11 Å². The van der Waals surface area contributed by atoms with Gasteiger partial charge in [-0.2, -0.15) is 0 Å². The van der Waals surface area contributed by atoms with Crippen molar-refractivity contribution in [1.82, 2.24) is 4.90 Å². The van der Waals surface area contributed by atoms with Gasteiger partial charge in [0.25, 0.3) is 0 Å². The largest absolute Gasteiger partial charge is 0.387 e. The second-order valence-corrected chi connectivity index (χ2v) is 3.63. The van der Waals surface area contributed by atoms with Gasteiger partial charge in [-0.1, -0.05) is 30.3 Å². The summed E-state index contributed by atoms with van der Waals surface area (Å²) in [5.74, 6) is 0. The minimum Gasteiger partial charge on any atom is -0.387 e. The Morgan fingerprint density at radius 2 is 1.85 bits per heavy atom. The Kier molecular flexibility index (Phi) is 2.34. The van der Waals surface area contributed by atoms with Crippen LogP contribution in [0.25, 0.3) is 0 Å². The van der Waals surface area contributed by atoms with E-state index < -0.39 is 0 Å². The molecule has 2 rings (SSSR count). The molecule has 1 aliphatic heterocycles. The van der Waals surface area contributed by atoms with E-state index in [1.54, 1.807) is 0 Å². The number of hydrogen-bond donors (Lipinski definition) is 1. The number of aliphatic hydroxyl groups is 1. The van der Waals surface area contributed by atoms with E-state index in [0.29, 0.717) is 0 Å². The molecule has 1 N–H and O–H groups in total. The third-order valence-corrected chi connectivity index (χ3v) is 2.66. The van der Waals surface area contributed by atoms with E-state index in [2.05, 4.69) is 11.8 Å². The van der Waals surface area contributed by atoms with E-state index in [4.69, 9.17) is 0 Å². The highest BCUT2D eigenvalue weighted by molar-refractivity contribution is 5.19. The Labute approximate surface area is 78.8 Å². The van der Waals surface area contributed by atoms with Crippen LogP contribution < -0.4 is 0 Å². The zero-order valence-electron chi connectivity index (χ0n) is 7.85. The minimum absolute atomic E-state index is 0.252. The summed E-state index contributed by atoms with van der Waals surface area (Å²) in [6.45, 7) is 4.33. The number of aliphatic hydroxyl groups excluding tert-OH is 1. The van der Waals surface area contributed by atoms with Crippen LogP contribution in [0.15, 0.2) is 30.3 Å². The molecule has 0 amide bonds. The molecule has 0 unspecified atom stereocenters. The Morgan fingerprint density at radius 3 is 2.38 bits per heavy atom. The van der Waals surface area contributed by atoms with Crippen LogP contribution in [-0.4, -0.2) is 29.1 Å². The lowest BCUT2D eigenvalue weighted by molar-refractivity contribution is 0.110. The van der Waals surface area contributed by atoms with E-state index in [0.717, 1.165) is 18.7 Å². The molecule has 0 radical (unpaired) electrons. The van der Waals surface area contributed by atoms with Crippen molar-refractivity contribution in [3.8, 4) is 0 Å². The maximum atomic E-state index is 9.96. The summed E-state index contributed by atoms with van der Waals surface area (Å²) in [5.41, 5.74) is 1.02. The molecule has 1 heterocycles. The maximum absolute atomic E-state index is 9.96. The molecule has 0 spiro atoms. The molecule has 1 saturated heterocycles. The molecular formula is C11H15NO. The van der Waals surface area contributed by atoms with Crippen LogP contribution in [0.4, 0.5) is 0 Å². The van der Waals surface area contributed by atoms with E-state index in [9.17, 15) is 5.11 Å². The van der Waals surface area contributed by atoms with Gasteiger partial charge in [-0.3, -0.25) is 4.90 Å². The monoisotopic (exact) mass is 177 g/mol. The number of benzene rings is 1. The summed E-state index contributed by atoms with van der Waals surface area (Å²) in [4.78, 5) is 2.26. The maximum Gasteiger partial charge on any atom is 0.0942 e. The number of nitrogens with zero attached hydrogens (tertiary/aromatic N) is 1. The van der Waals surface area contributed by atoms with Gasteiger partial charge in [0.2, 0.25) is 0 Å². The van der Waals surface area contributed by atoms with Gasteiger partial charge in [0.15, 0.2) is 0 Å². The molecule has 1 fully saturated rings. The van der Waals surface area contributed by atoms with Crippen LogP contribution in [0.1, 0.15) is 18.6 Å². The molecule has 0 saturated carbocycles. The molecule has 1 aromatic carbocycles. The number of hydrogen-bond acceptors (Lipinski definition) is 2. The molecule has 2 atom stereocenters. The molecule has 0 bridgehead atoms. The first-order valence-electron chi connectivity index (χ1n) is 4.76. The smallest absolute Gasteiger partial charge is 0.0942 e. The van der Waals surface area contributed by atoms with Gasteiger partial charge in [-0.15, -0.1) is 0 Å². The molecule has 1 aromatic rings. The predicted octanol–water partition coefficient (Wildman–Crippen LogP) is 1.42. The van der Waals surface area contributed by atoms with E-state index in [-0.39, 0.29) is 12.1 Å². The molecule has 0 aromatic heterocycles. The standard InChI is InChI=1S/C11H15NO/c1-9(12-7-8-12)11(13)10-5-3-2-4-6-10/h2-6,9,11,13H,7-8H2,1H3/t9-,11-/m0/s1. The fraction of sp³-hybridized carbons (Fsp3) is 0.455. The van der Waals surface area contributed by atoms with Crippen molar-refractivity contribution < 1.29 is 5.11 Å². The summed E-state index contributed by atoms with van der Waals surface area (Å²) in [6, 6.07) is 10.1. The van der Waals surface area contributed by atoms with Crippen molar-refractivity contribution in [3.05, 3.63) is 35.9 Å². The Balaban J connectivity index is 2.07. The lowest BCUT2D eigenvalue weighted by Crippen LogP contribution is -2.23. The average Bonchev–Trinajstić information content (AvgIpc) is 3.00. The highest BCUT2D eigenvalue weighted by Gasteiger charge is 2.29. The SMILES string of the molecule is C[C@@H]([C@H](O)c1ccccc1)N1CC1. The Bertz CT molecular complexity index is 269. The summed E-state index contributed by atoms with van der Waals surface area (Å²) in [6.07, 6.45) is -0.344. The van der Waals surface area contributed by atoms with Crippen molar-refractivity contribution in [1.29, 1.82) is 0 Å². The topological polar surface area (TPSA) is 23.2 Å². The van der Waals surface area contributed by atoms with Crippen molar-refractivity contribution in [2.45, 2.75) is 19.1 Å². The normalized spacial score (nSPS) is 21.1. The van der Waals surface area contributed by atoms with Gasteiger partial charge in [0.1, 0.15) is 0 Å². The lowest BCUT2D eigenvalue weighted by atomic mass is 10.0.